The number of carbonyl (C=O) groups is 2. The van der Waals surface area contributed by atoms with Crippen LogP contribution in [0.1, 0.15) is 26.7 Å². The molecule has 0 radical (unpaired) electrons. The average molecular weight is 226 g/mol. The second kappa shape index (κ2) is 6.22. The van der Waals surface area contributed by atoms with E-state index in [2.05, 4.69) is 21.2 Å². The lowest BCUT2D eigenvalue weighted by atomic mass is 10.1. The zero-order valence-electron chi connectivity index (χ0n) is 9.67. The quantitative estimate of drug-likeness (QED) is 0.546. The third-order valence-electron chi connectivity index (χ3n) is 2.13. The molecule has 0 bridgehead atoms. The molecule has 16 heavy (non-hydrogen) atoms. The van der Waals surface area contributed by atoms with Crippen LogP contribution in [-0.2, 0) is 9.59 Å². The fourth-order valence-electron chi connectivity index (χ4n) is 1.28. The Balaban J connectivity index is 2.22. The maximum Gasteiger partial charge on any atom is 0.267 e. The number of rotatable bonds is 5. The number of nitrogens with zero attached hydrogens (tertiary/aromatic N) is 1. The first-order valence-corrected chi connectivity index (χ1v) is 5.46. The predicted octanol–water partition coefficient (Wildman–Crippen LogP) is -0.633. The smallest absolute Gasteiger partial charge is 0.267 e. The Morgan fingerprint density at radius 2 is 2.19 bits per heavy atom. The highest BCUT2D eigenvalue weighted by molar-refractivity contribution is 6.39. The molecule has 0 aliphatic carbocycles. The Morgan fingerprint density at radius 3 is 2.75 bits per heavy atom. The van der Waals surface area contributed by atoms with Gasteiger partial charge in [0, 0.05) is 32.0 Å². The van der Waals surface area contributed by atoms with Crippen LogP contribution in [0.4, 0.5) is 0 Å². The van der Waals surface area contributed by atoms with Gasteiger partial charge < -0.3 is 10.6 Å². The van der Waals surface area contributed by atoms with Crippen molar-refractivity contribution in [1.82, 2.24) is 16.1 Å². The molecule has 0 saturated carbocycles. The summed E-state index contributed by atoms with van der Waals surface area (Å²) in [6, 6.07) is 0.406. The van der Waals surface area contributed by atoms with E-state index in [0.717, 1.165) is 6.54 Å². The lowest BCUT2D eigenvalue weighted by Gasteiger charge is -2.12. The maximum absolute atomic E-state index is 11.5. The van der Waals surface area contributed by atoms with Crippen molar-refractivity contribution < 1.29 is 9.59 Å². The first-order chi connectivity index (χ1) is 7.59. The summed E-state index contributed by atoms with van der Waals surface area (Å²) >= 11 is 0. The Bertz CT molecular complexity index is 299. The van der Waals surface area contributed by atoms with E-state index in [1.165, 1.54) is 0 Å². The summed E-state index contributed by atoms with van der Waals surface area (Å²) in [4.78, 5) is 22.3. The van der Waals surface area contributed by atoms with Gasteiger partial charge in [0.25, 0.3) is 5.91 Å². The fourth-order valence-corrected chi connectivity index (χ4v) is 1.28. The summed E-state index contributed by atoms with van der Waals surface area (Å²) in [7, 11) is 0. The predicted molar refractivity (Wildman–Crippen MR) is 61.0 cm³/mol. The Hall–Kier alpha value is -1.43. The lowest BCUT2D eigenvalue weighted by Crippen LogP contribution is -2.40. The van der Waals surface area contributed by atoms with Gasteiger partial charge in [0.1, 0.15) is 5.71 Å². The number of hydrogen-bond acceptors (Lipinski definition) is 4. The largest absolute Gasteiger partial charge is 0.350 e. The van der Waals surface area contributed by atoms with Crippen molar-refractivity contribution >= 4 is 17.5 Å². The van der Waals surface area contributed by atoms with Gasteiger partial charge in [0.2, 0.25) is 5.91 Å². The number of carbonyl (C=O) groups excluding carboxylic acids is 2. The van der Waals surface area contributed by atoms with Crippen molar-refractivity contribution in [3.05, 3.63) is 0 Å². The Labute approximate surface area is 94.9 Å². The van der Waals surface area contributed by atoms with Crippen LogP contribution in [-0.4, -0.2) is 36.7 Å². The van der Waals surface area contributed by atoms with E-state index in [1.807, 2.05) is 13.8 Å². The molecular formula is C10H18N4O2. The number of nitrogens with one attached hydrogen (secondary N) is 3. The molecule has 1 aliphatic heterocycles. The summed E-state index contributed by atoms with van der Waals surface area (Å²) in [6.07, 6.45) is 0.742. The monoisotopic (exact) mass is 226 g/mol. The summed E-state index contributed by atoms with van der Waals surface area (Å²) in [5.41, 5.74) is 2.69. The average Bonchev–Trinajstić information content (AvgIpc) is 2.25. The highest BCUT2D eigenvalue weighted by Gasteiger charge is 2.17. The van der Waals surface area contributed by atoms with Gasteiger partial charge in [-0.15, -0.1) is 0 Å². The summed E-state index contributed by atoms with van der Waals surface area (Å²) in [5.74, 6) is -0.344. The third-order valence-corrected chi connectivity index (χ3v) is 2.13. The van der Waals surface area contributed by atoms with Crippen molar-refractivity contribution in [1.29, 1.82) is 0 Å². The first kappa shape index (κ1) is 12.6. The molecule has 0 fully saturated rings. The molecule has 6 nitrogen and oxygen atoms in total. The molecule has 0 aromatic heterocycles. The van der Waals surface area contributed by atoms with E-state index >= 15 is 0 Å². The molecule has 0 saturated heterocycles. The van der Waals surface area contributed by atoms with Gasteiger partial charge in [-0.1, -0.05) is 13.8 Å². The van der Waals surface area contributed by atoms with E-state index in [0.29, 0.717) is 31.1 Å². The molecule has 90 valence electrons. The zero-order valence-corrected chi connectivity index (χ0v) is 9.67. The zero-order chi connectivity index (χ0) is 12.0. The van der Waals surface area contributed by atoms with Gasteiger partial charge in [-0.3, -0.25) is 9.59 Å². The summed E-state index contributed by atoms with van der Waals surface area (Å²) in [6.45, 7) is 5.37. The second-order valence-electron chi connectivity index (χ2n) is 3.96. The van der Waals surface area contributed by atoms with Crippen LogP contribution in [0.25, 0.3) is 0 Å². The van der Waals surface area contributed by atoms with E-state index < -0.39 is 0 Å². The normalized spacial score (nSPS) is 15.7. The molecular weight excluding hydrogens is 208 g/mol. The lowest BCUT2D eigenvalue weighted by molar-refractivity contribution is -0.121. The van der Waals surface area contributed by atoms with E-state index in [1.54, 1.807) is 0 Å². The molecule has 0 spiro atoms. The van der Waals surface area contributed by atoms with Crippen LogP contribution < -0.4 is 16.1 Å². The Morgan fingerprint density at radius 1 is 1.44 bits per heavy atom. The van der Waals surface area contributed by atoms with Crippen LogP contribution >= 0.6 is 0 Å². The SMILES string of the molecule is CC(C)NCCNC(=O)C1=NNC(=O)CC1. The summed E-state index contributed by atoms with van der Waals surface area (Å²) in [5, 5.41) is 9.63. The molecule has 0 unspecified atom stereocenters. The summed E-state index contributed by atoms with van der Waals surface area (Å²) < 4.78 is 0. The van der Waals surface area contributed by atoms with Crippen molar-refractivity contribution in [2.24, 2.45) is 5.10 Å². The minimum Gasteiger partial charge on any atom is -0.350 e. The van der Waals surface area contributed by atoms with E-state index in [4.69, 9.17) is 0 Å². The van der Waals surface area contributed by atoms with Gasteiger partial charge >= 0.3 is 0 Å². The van der Waals surface area contributed by atoms with Gasteiger partial charge in [-0.25, -0.2) is 5.43 Å². The molecule has 3 N–H and O–H groups in total. The fraction of sp³-hybridized carbons (Fsp3) is 0.700. The van der Waals surface area contributed by atoms with Crippen LogP contribution in [0.3, 0.4) is 0 Å². The molecule has 1 aliphatic rings. The van der Waals surface area contributed by atoms with Crippen LogP contribution in [0.5, 0.6) is 0 Å². The number of hydrazone groups is 1. The van der Waals surface area contributed by atoms with Gasteiger partial charge in [0.05, 0.1) is 0 Å². The highest BCUT2D eigenvalue weighted by Crippen LogP contribution is 1.98. The first-order valence-electron chi connectivity index (χ1n) is 5.46. The molecule has 0 aromatic carbocycles. The molecule has 6 heteroatoms. The van der Waals surface area contributed by atoms with Crippen molar-refractivity contribution in [2.45, 2.75) is 32.7 Å². The third kappa shape index (κ3) is 4.39. The molecule has 0 aromatic rings. The van der Waals surface area contributed by atoms with Crippen molar-refractivity contribution in [3.8, 4) is 0 Å². The maximum atomic E-state index is 11.5. The number of hydrogen-bond donors (Lipinski definition) is 3. The topological polar surface area (TPSA) is 82.6 Å². The van der Waals surface area contributed by atoms with Crippen LogP contribution in [0.15, 0.2) is 5.10 Å². The van der Waals surface area contributed by atoms with Gasteiger partial charge in [-0.2, -0.15) is 5.10 Å². The Kier molecular flexibility index (Phi) is 4.91. The minimum absolute atomic E-state index is 0.141. The molecule has 0 atom stereocenters. The van der Waals surface area contributed by atoms with E-state index in [-0.39, 0.29) is 11.8 Å². The minimum atomic E-state index is -0.203. The second-order valence-corrected chi connectivity index (χ2v) is 3.96. The van der Waals surface area contributed by atoms with Crippen molar-refractivity contribution in [2.75, 3.05) is 13.1 Å². The van der Waals surface area contributed by atoms with Crippen LogP contribution in [0.2, 0.25) is 0 Å². The van der Waals surface area contributed by atoms with E-state index in [9.17, 15) is 9.59 Å². The standard InChI is InChI=1S/C10H18N4O2/c1-7(2)11-5-6-12-10(16)8-3-4-9(15)14-13-8/h7,11H,3-6H2,1-2H3,(H,12,16)(H,14,15). The number of amides is 2. The molecule has 1 rings (SSSR count). The van der Waals surface area contributed by atoms with Gasteiger partial charge in [-0.05, 0) is 0 Å². The molecule has 1 heterocycles. The van der Waals surface area contributed by atoms with Crippen molar-refractivity contribution in [3.63, 3.8) is 0 Å². The van der Waals surface area contributed by atoms with Gasteiger partial charge in [0.15, 0.2) is 0 Å². The molecule has 2 amide bonds. The highest BCUT2D eigenvalue weighted by atomic mass is 16.2. The van der Waals surface area contributed by atoms with Crippen LogP contribution in [0, 0.1) is 0 Å².